The average Bonchev–Trinajstić information content (AvgIpc) is 2.84. The summed E-state index contributed by atoms with van der Waals surface area (Å²) in [6.07, 6.45) is 9.97. The van der Waals surface area contributed by atoms with Crippen LogP contribution in [0.5, 0.6) is 0 Å². The topological polar surface area (TPSA) is 42.7 Å². The van der Waals surface area contributed by atoms with Crippen molar-refractivity contribution in [1.29, 1.82) is 0 Å². The number of anilines is 1. The highest BCUT2D eigenvalue weighted by molar-refractivity contribution is 5.81. The van der Waals surface area contributed by atoms with E-state index >= 15 is 0 Å². The van der Waals surface area contributed by atoms with Crippen LogP contribution in [0.4, 0.5) is 5.95 Å². The van der Waals surface area contributed by atoms with E-state index in [0.29, 0.717) is 5.95 Å². The SMILES string of the molecule is C=CC(=CC)n1ccc2nc(NCCCC)ncc21. The number of nitrogens with zero attached hydrogens (tertiary/aromatic N) is 3. The molecule has 4 heteroatoms. The first kappa shape index (κ1) is 13.3. The molecule has 0 atom stereocenters. The van der Waals surface area contributed by atoms with Gasteiger partial charge in [0.05, 0.1) is 17.2 Å². The molecule has 2 aromatic rings. The highest BCUT2D eigenvalue weighted by Gasteiger charge is 2.05. The van der Waals surface area contributed by atoms with Crippen molar-refractivity contribution in [3.63, 3.8) is 0 Å². The smallest absolute Gasteiger partial charge is 0.223 e. The Morgan fingerprint density at radius 1 is 1.53 bits per heavy atom. The van der Waals surface area contributed by atoms with E-state index in [0.717, 1.165) is 36.1 Å². The Balaban J connectivity index is 2.29. The number of aromatic nitrogens is 3. The molecule has 0 bridgehead atoms. The highest BCUT2D eigenvalue weighted by atomic mass is 15.1. The Kier molecular flexibility index (Phi) is 4.34. The van der Waals surface area contributed by atoms with E-state index in [2.05, 4.69) is 28.8 Å². The van der Waals surface area contributed by atoms with Crippen LogP contribution in [0.25, 0.3) is 16.7 Å². The van der Waals surface area contributed by atoms with Gasteiger partial charge in [-0.3, -0.25) is 0 Å². The molecule has 1 N–H and O–H groups in total. The zero-order valence-electron chi connectivity index (χ0n) is 11.6. The fourth-order valence-electron chi connectivity index (χ4n) is 1.96. The van der Waals surface area contributed by atoms with Crippen LogP contribution in [0.1, 0.15) is 26.7 Å². The zero-order chi connectivity index (χ0) is 13.7. The summed E-state index contributed by atoms with van der Waals surface area (Å²) >= 11 is 0. The summed E-state index contributed by atoms with van der Waals surface area (Å²) in [6.45, 7) is 8.89. The minimum Gasteiger partial charge on any atom is -0.354 e. The minimum atomic E-state index is 0.694. The normalized spacial score (nSPS) is 11.8. The Morgan fingerprint density at radius 2 is 2.37 bits per heavy atom. The zero-order valence-corrected chi connectivity index (χ0v) is 11.6. The van der Waals surface area contributed by atoms with Crippen LogP contribution in [0.3, 0.4) is 0 Å². The van der Waals surface area contributed by atoms with Gasteiger partial charge >= 0.3 is 0 Å². The fourth-order valence-corrected chi connectivity index (χ4v) is 1.96. The van der Waals surface area contributed by atoms with Crippen molar-refractivity contribution >= 4 is 22.7 Å². The number of hydrogen-bond donors (Lipinski definition) is 1. The molecule has 0 spiro atoms. The number of nitrogens with one attached hydrogen (secondary N) is 1. The van der Waals surface area contributed by atoms with E-state index < -0.39 is 0 Å². The van der Waals surface area contributed by atoms with Crippen LogP contribution in [-0.2, 0) is 0 Å². The third-order valence-corrected chi connectivity index (χ3v) is 3.04. The largest absolute Gasteiger partial charge is 0.354 e. The Hall–Kier alpha value is -2.10. The van der Waals surface area contributed by atoms with Gasteiger partial charge in [0.15, 0.2) is 0 Å². The maximum absolute atomic E-state index is 4.51. The van der Waals surface area contributed by atoms with Gasteiger partial charge in [-0.1, -0.05) is 26.0 Å². The first-order valence-electron chi connectivity index (χ1n) is 6.67. The van der Waals surface area contributed by atoms with E-state index in [1.54, 1.807) is 0 Å². The molecule has 0 aliphatic carbocycles. The summed E-state index contributed by atoms with van der Waals surface area (Å²) in [7, 11) is 0. The molecule has 0 aromatic carbocycles. The Bertz CT molecular complexity index is 595. The van der Waals surface area contributed by atoms with Crippen molar-refractivity contribution in [3.05, 3.63) is 37.2 Å². The predicted octanol–water partition coefficient (Wildman–Crippen LogP) is 3.69. The Morgan fingerprint density at radius 3 is 3.05 bits per heavy atom. The third kappa shape index (κ3) is 2.84. The van der Waals surface area contributed by atoms with Crippen molar-refractivity contribution in [1.82, 2.24) is 14.5 Å². The number of rotatable bonds is 6. The molecule has 0 unspecified atom stereocenters. The van der Waals surface area contributed by atoms with Gasteiger partial charge in [0.25, 0.3) is 0 Å². The molecular formula is C15H20N4. The van der Waals surface area contributed by atoms with E-state index in [4.69, 9.17) is 0 Å². The monoisotopic (exact) mass is 256 g/mol. The first-order chi connectivity index (χ1) is 9.30. The standard InChI is InChI=1S/C15H20N4/c1-4-7-9-16-15-17-11-14-13(18-15)8-10-19(14)12(5-2)6-3/h5-6,8,10-11H,2,4,7,9H2,1,3H3,(H,16,17,18). The molecule has 2 aromatic heterocycles. The minimum absolute atomic E-state index is 0.694. The molecule has 0 aliphatic rings. The van der Waals surface area contributed by atoms with Crippen molar-refractivity contribution in [3.8, 4) is 0 Å². The molecule has 0 aliphatic heterocycles. The lowest BCUT2D eigenvalue weighted by molar-refractivity contribution is 0.827. The lowest BCUT2D eigenvalue weighted by Crippen LogP contribution is -2.05. The summed E-state index contributed by atoms with van der Waals surface area (Å²) in [4.78, 5) is 8.87. The predicted molar refractivity (Wildman–Crippen MR) is 81.1 cm³/mol. The first-order valence-corrected chi connectivity index (χ1v) is 6.67. The highest BCUT2D eigenvalue weighted by Crippen LogP contribution is 2.19. The molecule has 0 saturated heterocycles. The summed E-state index contributed by atoms with van der Waals surface area (Å²) in [5.41, 5.74) is 2.97. The van der Waals surface area contributed by atoms with Gasteiger partial charge in [-0.05, 0) is 25.5 Å². The molecule has 2 rings (SSSR count). The van der Waals surface area contributed by atoms with Crippen molar-refractivity contribution in [2.24, 2.45) is 0 Å². The van der Waals surface area contributed by atoms with E-state index in [-0.39, 0.29) is 0 Å². The van der Waals surface area contributed by atoms with Gasteiger partial charge in [-0.25, -0.2) is 9.97 Å². The van der Waals surface area contributed by atoms with E-state index in [1.165, 1.54) is 0 Å². The maximum Gasteiger partial charge on any atom is 0.223 e. The van der Waals surface area contributed by atoms with E-state index in [9.17, 15) is 0 Å². The molecule has 100 valence electrons. The number of hydrogen-bond acceptors (Lipinski definition) is 3. The number of allylic oxidation sites excluding steroid dienone is 3. The van der Waals surface area contributed by atoms with Crippen LogP contribution < -0.4 is 5.32 Å². The maximum atomic E-state index is 4.51. The van der Waals surface area contributed by atoms with Gasteiger partial charge in [0.1, 0.15) is 0 Å². The third-order valence-electron chi connectivity index (χ3n) is 3.04. The number of unbranched alkanes of at least 4 members (excludes halogenated alkanes) is 1. The van der Waals surface area contributed by atoms with Crippen LogP contribution in [-0.4, -0.2) is 21.1 Å². The lowest BCUT2D eigenvalue weighted by atomic mass is 10.3. The molecule has 4 nitrogen and oxygen atoms in total. The molecule has 19 heavy (non-hydrogen) atoms. The molecular weight excluding hydrogens is 236 g/mol. The lowest BCUT2D eigenvalue weighted by Gasteiger charge is -2.06. The summed E-state index contributed by atoms with van der Waals surface area (Å²) < 4.78 is 2.04. The van der Waals surface area contributed by atoms with Gasteiger partial charge in [0.2, 0.25) is 5.95 Å². The van der Waals surface area contributed by atoms with Gasteiger partial charge < -0.3 is 9.88 Å². The summed E-state index contributed by atoms with van der Waals surface area (Å²) in [6, 6.07) is 2.00. The number of fused-ring (bicyclic) bond motifs is 1. The second-order valence-corrected chi connectivity index (χ2v) is 4.35. The van der Waals surface area contributed by atoms with Crippen LogP contribution in [0.2, 0.25) is 0 Å². The van der Waals surface area contributed by atoms with Gasteiger partial charge in [-0.15, -0.1) is 0 Å². The van der Waals surface area contributed by atoms with Gasteiger partial charge in [-0.2, -0.15) is 0 Å². The van der Waals surface area contributed by atoms with Crippen molar-refractivity contribution in [2.75, 3.05) is 11.9 Å². The van der Waals surface area contributed by atoms with Crippen molar-refractivity contribution < 1.29 is 0 Å². The molecule has 0 fully saturated rings. The average molecular weight is 256 g/mol. The second-order valence-electron chi connectivity index (χ2n) is 4.35. The molecule has 2 heterocycles. The molecule has 0 radical (unpaired) electrons. The molecule has 0 amide bonds. The van der Waals surface area contributed by atoms with Crippen LogP contribution in [0, 0.1) is 0 Å². The quantitative estimate of drug-likeness (QED) is 0.633. The second kappa shape index (κ2) is 6.18. The summed E-state index contributed by atoms with van der Waals surface area (Å²) in [5, 5.41) is 3.24. The van der Waals surface area contributed by atoms with Crippen molar-refractivity contribution in [2.45, 2.75) is 26.7 Å². The Labute approximate surface area is 113 Å². The fraction of sp³-hybridized carbons (Fsp3) is 0.333. The van der Waals surface area contributed by atoms with Crippen LogP contribution in [0.15, 0.2) is 37.2 Å². The van der Waals surface area contributed by atoms with E-state index in [1.807, 2.05) is 42.1 Å². The summed E-state index contributed by atoms with van der Waals surface area (Å²) in [5.74, 6) is 0.694. The molecule has 0 saturated carbocycles. The van der Waals surface area contributed by atoms with Gasteiger partial charge in [0, 0.05) is 18.4 Å². The van der Waals surface area contributed by atoms with Crippen LogP contribution >= 0.6 is 0 Å².